The second kappa shape index (κ2) is 5.51. The standard InChI is InChI=1S/C15H21ClN2O/c1-10(2)15(6-7-17-9-15)14(19)18-13-5-4-12(16)8-11(13)3/h4-5,8,10,17H,6-7,9H2,1-3H3,(H,18,19). The summed E-state index contributed by atoms with van der Waals surface area (Å²) >= 11 is 5.94. The quantitative estimate of drug-likeness (QED) is 0.893. The number of rotatable bonds is 3. The van der Waals surface area contributed by atoms with Gasteiger partial charge >= 0.3 is 0 Å². The first-order chi connectivity index (χ1) is 8.95. The summed E-state index contributed by atoms with van der Waals surface area (Å²) in [5.41, 5.74) is 1.54. The van der Waals surface area contributed by atoms with Crippen LogP contribution in [0.3, 0.4) is 0 Å². The largest absolute Gasteiger partial charge is 0.325 e. The Balaban J connectivity index is 2.20. The molecule has 1 aliphatic rings. The van der Waals surface area contributed by atoms with E-state index in [1.165, 1.54) is 0 Å². The number of nitrogens with one attached hydrogen (secondary N) is 2. The first kappa shape index (κ1) is 14.4. The molecule has 1 heterocycles. The van der Waals surface area contributed by atoms with E-state index in [0.29, 0.717) is 10.9 Å². The Kier molecular flexibility index (Phi) is 4.16. The Morgan fingerprint density at radius 1 is 1.47 bits per heavy atom. The number of amides is 1. The van der Waals surface area contributed by atoms with Gasteiger partial charge in [-0.05, 0) is 49.6 Å². The third-order valence-electron chi connectivity index (χ3n) is 4.18. The number of carbonyl (C=O) groups excluding carboxylic acids is 1. The van der Waals surface area contributed by atoms with Gasteiger partial charge in [-0.25, -0.2) is 0 Å². The van der Waals surface area contributed by atoms with Gasteiger partial charge in [-0.2, -0.15) is 0 Å². The van der Waals surface area contributed by atoms with Gasteiger partial charge in [-0.15, -0.1) is 0 Å². The minimum Gasteiger partial charge on any atom is -0.325 e. The topological polar surface area (TPSA) is 41.1 Å². The Bertz CT molecular complexity index is 479. The minimum absolute atomic E-state index is 0.109. The number of hydrogen-bond acceptors (Lipinski definition) is 2. The van der Waals surface area contributed by atoms with E-state index < -0.39 is 0 Å². The van der Waals surface area contributed by atoms with Crippen molar-refractivity contribution in [2.24, 2.45) is 11.3 Å². The van der Waals surface area contributed by atoms with E-state index in [1.54, 1.807) is 6.07 Å². The monoisotopic (exact) mass is 280 g/mol. The molecule has 0 saturated carbocycles. The smallest absolute Gasteiger partial charge is 0.232 e. The van der Waals surface area contributed by atoms with E-state index >= 15 is 0 Å². The van der Waals surface area contributed by atoms with Crippen molar-refractivity contribution in [2.45, 2.75) is 27.2 Å². The average molecular weight is 281 g/mol. The summed E-state index contributed by atoms with van der Waals surface area (Å²) in [7, 11) is 0. The highest BCUT2D eigenvalue weighted by atomic mass is 35.5. The van der Waals surface area contributed by atoms with Crippen molar-refractivity contribution in [2.75, 3.05) is 18.4 Å². The first-order valence-electron chi connectivity index (χ1n) is 6.74. The van der Waals surface area contributed by atoms with Crippen LogP contribution in [0.1, 0.15) is 25.8 Å². The highest BCUT2D eigenvalue weighted by molar-refractivity contribution is 6.30. The van der Waals surface area contributed by atoms with Crippen LogP contribution in [0.5, 0.6) is 0 Å². The summed E-state index contributed by atoms with van der Waals surface area (Å²) in [6.07, 6.45) is 0.892. The van der Waals surface area contributed by atoms with Crippen molar-refractivity contribution < 1.29 is 4.79 Å². The fourth-order valence-electron chi connectivity index (χ4n) is 2.67. The molecule has 1 aromatic rings. The third-order valence-corrected chi connectivity index (χ3v) is 4.42. The number of halogens is 1. The molecule has 0 aromatic heterocycles. The van der Waals surface area contributed by atoms with Crippen LogP contribution in [-0.4, -0.2) is 19.0 Å². The fourth-order valence-corrected chi connectivity index (χ4v) is 2.90. The predicted molar refractivity (Wildman–Crippen MR) is 79.6 cm³/mol. The highest BCUT2D eigenvalue weighted by Gasteiger charge is 2.43. The molecule has 1 amide bonds. The van der Waals surface area contributed by atoms with Gasteiger partial charge in [0, 0.05) is 17.3 Å². The van der Waals surface area contributed by atoms with Gasteiger partial charge in [0.15, 0.2) is 0 Å². The molecule has 1 atom stereocenters. The van der Waals surface area contributed by atoms with E-state index in [2.05, 4.69) is 24.5 Å². The lowest BCUT2D eigenvalue weighted by Crippen LogP contribution is -2.42. The lowest BCUT2D eigenvalue weighted by molar-refractivity contribution is -0.126. The summed E-state index contributed by atoms with van der Waals surface area (Å²) < 4.78 is 0. The zero-order valence-electron chi connectivity index (χ0n) is 11.7. The fraction of sp³-hybridized carbons (Fsp3) is 0.533. The molecule has 1 saturated heterocycles. The van der Waals surface area contributed by atoms with Crippen LogP contribution < -0.4 is 10.6 Å². The number of aryl methyl sites for hydroxylation is 1. The van der Waals surface area contributed by atoms with Gasteiger partial charge in [-0.1, -0.05) is 25.4 Å². The number of carbonyl (C=O) groups is 1. The Morgan fingerprint density at radius 3 is 2.74 bits per heavy atom. The van der Waals surface area contributed by atoms with Crippen LogP contribution in [0.2, 0.25) is 5.02 Å². The molecule has 3 nitrogen and oxygen atoms in total. The van der Waals surface area contributed by atoms with Crippen LogP contribution in [0.15, 0.2) is 18.2 Å². The van der Waals surface area contributed by atoms with E-state index in [-0.39, 0.29) is 11.3 Å². The van der Waals surface area contributed by atoms with E-state index in [4.69, 9.17) is 11.6 Å². The van der Waals surface area contributed by atoms with Gasteiger partial charge in [0.05, 0.1) is 5.41 Å². The molecular weight excluding hydrogens is 260 g/mol. The van der Waals surface area contributed by atoms with E-state index in [0.717, 1.165) is 30.8 Å². The van der Waals surface area contributed by atoms with Crippen LogP contribution in [-0.2, 0) is 4.79 Å². The van der Waals surface area contributed by atoms with E-state index in [1.807, 2.05) is 19.1 Å². The maximum Gasteiger partial charge on any atom is 0.232 e. The molecule has 1 fully saturated rings. The number of benzene rings is 1. The summed E-state index contributed by atoms with van der Waals surface area (Å²) in [6.45, 7) is 7.84. The number of anilines is 1. The Hall–Kier alpha value is -1.06. The van der Waals surface area contributed by atoms with Crippen LogP contribution in [0.4, 0.5) is 5.69 Å². The molecule has 4 heteroatoms. The predicted octanol–water partition coefficient (Wildman–Crippen LogP) is 3.22. The SMILES string of the molecule is Cc1cc(Cl)ccc1NC(=O)C1(C(C)C)CCNC1. The lowest BCUT2D eigenvalue weighted by atomic mass is 9.75. The van der Waals surface area contributed by atoms with Gasteiger partial charge < -0.3 is 10.6 Å². The molecule has 1 aromatic carbocycles. The van der Waals surface area contributed by atoms with Crippen LogP contribution in [0, 0.1) is 18.3 Å². The summed E-state index contributed by atoms with van der Waals surface area (Å²) in [4.78, 5) is 12.6. The molecule has 0 bridgehead atoms. The molecule has 1 aliphatic heterocycles. The maximum atomic E-state index is 12.6. The van der Waals surface area contributed by atoms with Crippen molar-refractivity contribution >= 4 is 23.2 Å². The lowest BCUT2D eigenvalue weighted by Gasteiger charge is -2.31. The van der Waals surface area contributed by atoms with Gasteiger partial charge in [-0.3, -0.25) is 4.79 Å². The molecule has 2 rings (SSSR count). The third kappa shape index (κ3) is 2.77. The zero-order valence-corrected chi connectivity index (χ0v) is 12.5. The molecule has 0 radical (unpaired) electrons. The van der Waals surface area contributed by atoms with Gasteiger partial charge in [0.1, 0.15) is 0 Å². The van der Waals surface area contributed by atoms with Gasteiger partial charge in [0.25, 0.3) is 0 Å². The zero-order chi connectivity index (χ0) is 14.0. The van der Waals surface area contributed by atoms with Gasteiger partial charge in [0.2, 0.25) is 5.91 Å². The molecular formula is C15H21ClN2O. The number of hydrogen-bond donors (Lipinski definition) is 2. The molecule has 104 valence electrons. The Labute approximate surface area is 119 Å². The normalized spacial score (nSPS) is 22.8. The second-order valence-electron chi connectivity index (χ2n) is 5.65. The van der Waals surface area contributed by atoms with Crippen molar-refractivity contribution in [3.05, 3.63) is 28.8 Å². The van der Waals surface area contributed by atoms with Crippen LogP contribution in [0.25, 0.3) is 0 Å². The summed E-state index contributed by atoms with van der Waals surface area (Å²) in [5, 5.41) is 7.06. The molecule has 19 heavy (non-hydrogen) atoms. The highest BCUT2D eigenvalue weighted by Crippen LogP contribution is 2.35. The molecule has 1 unspecified atom stereocenters. The summed E-state index contributed by atoms with van der Waals surface area (Å²) in [6, 6.07) is 5.54. The Morgan fingerprint density at radius 2 is 2.21 bits per heavy atom. The molecule has 0 aliphatic carbocycles. The second-order valence-corrected chi connectivity index (χ2v) is 6.09. The van der Waals surface area contributed by atoms with Crippen molar-refractivity contribution in [3.63, 3.8) is 0 Å². The van der Waals surface area contributed by atoms with Crippen LogP contribution >= 0.6 is 11.6 Å². The average Bonchev–Trinajstić information content (AvgIpc) is 2.83. The molecule has 2 N–H and O–H groups in total. The molecule has 0 spiro atoms. The van der Waals surface area contributed by atoms with Crippen molar-refractivity contribution in [1.29, 1.82) is 0 Å². The van der Waals surface area contributed by atoms with Crippen molar-refractivity contribution in [3.8, 4) is 0 Å². The van der Waals surface area contributed by atoms with E-state index in [9.17, 15) is 4.79 Å². The van der Waals surface area contributed by atoms with Crippen molar-refractivity contribution in [1.82, 2.24) is 5.32 Å². The summed E-state index contributed by atoms with van der Waals surface area (Å²) in [5.74, 6) is 0.424. The maximum absolute atomic E-state index is 12.6. The first-order valence-corrected chi connectivity index (χ1v) is 7.12. The minimum atomic E-state index is -0.300.